The van der Waals surface area contributed by atoms with Crippen LogP contribution in [0, 0.1) is 12.7 Å². The van der Waals surface area contributed by atoms with Gasteiger partial charge >= 0.3 is 0 Å². The van der Waals surface area contributed by atoms with E-state index in [-0.39, 0.29) is 37.3 Å². The van der Waals surface area contributed by atoms with Crippen LogP contribution in [0.15, 0.2) is 22.6 Å². The van der Waals surface area contributed by atoms with Gasteiger partial charge in [0.15, 0.2) is 0 Å². The molecule has 1 aromatic heterocycles. The molecule has 2 rings (SSSR count). The zero-order chi connectivity index (χ0) is 15.4. The molecule has 0 fully saturated rings. The molecule has 0 radical (unpaired) electrons. The number of hydrogen-bond donors (Lipinski definition) is 2. The fourth-order valence-electron chi connectivity index (χ4n) is 2.13. The molecule has 0 bridgehead atoms. The van der Waals surface area contributed by atoms with Crippen LogP contribution in [0.25, 0.3) is 11.0 Å². The Kier molecular flexibility index (Phi) is 4.93. The van der Waals surface area contributed by atoms with E-state index in [1.54, 1.807) is 6.07 Å². The molecule has 114 valence electrons. The molecule has 1 heterocycles. The van der Waals surface area contributed by atoms with E-state index in [1.165, 1.54) is 19.2 Å². The molecule has 2 aromatic rings. The maximum absolute atomic E-state index is 13.2. The van der Waals surface area contributed by atoms with Crippen molar-refractivity contribution in [3.8, 4) is 0 Å². The lowest BCUT2D eigenvalue weighted by molar-refractivity contribution is -0.123. The van der Waals surface area contributed by atoms with Gasteiger partial charge in [-0.05, 0) is 25.1 Å². The molecule has 1 unspecified atom stereocenters. The van der Waals surface area contributed by atoms with Gasteiger partial charge in [-0.2, -0.15) is 0 Å². The second-order valence-electron chi connectivity index (χ2n) is 4.86. The number of fused-ring (bicyclic) bond motifs is 1. The molecule has 5 nitrogen and oxygen atoms in total. The van der Waals surface area contributed by atoms with Gasteiger partial charge in [-0.25, -0.2) is 4.39 Å². The maximum Gasteiger partial charge on any atom is 0.223 e. The van der Waals surface area contributed by atoms with E-state index < -0.39 is 0 Å². The summed E-state index contributed by atoms with van der Waals surface area (Å²) in [6.45, 7) is 2.37. The molecule has 1 amide bonds. The third-order valence-electron chi connectivity index (χ3n) is 3.45. The first-order valence-electron chi connectivity index (χ1n) is 6.72. The highest BCUT2D eigenvalue weighted by molar-refractivity contribution is 5.82. The fraction of sp³-hybridized carbons (Fsp3) is 0.400. The number of benzene rings is 1. The van der Waals surface area contributed by atoms with Crippen molar-refractivity contribution < 1.29 is 18.3 Å². The molecule has 3 N–H and O–H groups in total. The number of rotatable bonds is 6. The minimum Gasteiger partial charge on any atom is -0.459 e. The zero-order valence-corrected chi connectivity index (χ0v) is 12.1. The number of ether oxygens (including phenoxy) is 1. The van der Waals surface area contributed by atoms with Gasteiger partial charge in [0.05, 0.1) is 19.1 Å². The van der Waals surface area contributed by atoms with E-state index in [0.717, 1.165) is 10.9 Å². The number of nitrogens with two attached hydrogens (primary N) is 1. The lowest BCUT2D eigenvalue weighted by atomic mass is 10.1. The fourth-order valence-corrected chi connectivity index (χ4v) is 2.13. The lowest BCUT2D eigenvalue weighted by Crippen LogP contribution is -2.31. The quantitative estimate of drug-likeness (QED) is 0.852. The summed E-state index contributed by atoms with van der Waals surface area (Å²) < 4.78 is 23.9. The number of halogens is 1. The van der Waals surface area contributed by atoms with Gasteiger partial charge in [0.2, 0.25) is 5.91 Å². The number of amides is 1. The van der Waals surface area contributed by atoms with Crippen LogP contribution in [0.4, 0.5) is 4.39 Å². The summed E-state index contributed by atoms with van der Waals surface area (Å²) in [4.78, 5) is 11.8. The molecule has 21 heavy (non-hydrogen) atoms. The summed E-state index contributed by atoms with van der Waals surface area (Å²) in [6, 6.07) is 4.35. The van der Waals surface area contributed by atoms with Crippen LogP contribution in [0.3, 0.4) is 0 Å². The van der Waals surface area contributed by atoms with Crippen molar-refractivity contribution in [2.45, 2.75) is 26.0 Å². The van der Waals surface area contributed by atoms with Gasteiger partial charge in [0.1, 0.15) is 17.2 Å². The number of carbonyl (C=O) groups is 1. The summed E-state index contributed by atoms with van der Waals surface area (Å²) >= 11 is 0. The first kappa shape index (κ1) is 15.5. The van der Waals surface area contributed by atoms with Gasteiger partial charge in [-0.1, -0.05) is 0 Å². The van der Waals surface area contributed by atoms with Gasteiger partial charge < -0.3 is 20.2 Å². The van der Waals surface area contributed by atoms with Crippen molar-refractivity contribution in [1.82, 2.24) is 5.32 Å². The Bertz CT molecular complexity index is 635. The minimum atomic E-state index is -0.312. The average molecular weight is 294 g/mol. The standard InChI is InChI=1S/C15H19FN2O3/c1-9-12-5-10(16)3-4-13(12)21-14(9)8-18-15(19)6-11(7-17)20-2/h3-5,11H,6-8,17H2,1-2H3,(H,18,19). The SMILES string of the molecule is COC(CN)CC(=O)NCc1oc2ccc(F)cc2c1C. The molecular formula is C15H19FN2O3. The predicted molar refractivity (Wildman–Crippen MR) is 77.2 cm³/mol. The van der Waals surface area contributed by atoms with Crippen LogP contribution in [0.2, 0.25) is 0 Å². The monoisotopic (exact) mass is 294 g/mol. The van der Waals surface area contributed by atoms with Crippen LogP contribution in [-0.2, 0) is 16.1 Å². The van der Waals surface area contributed by atoms with Gasteiger partial charge in [0.25, 0.3) is 0 Å². The molecule has 0 spiro atoms. The highest BCUT2D eigenvalue weighted by atomic mass is 19.1. The van der Waals surface area contributed by atoms with Gasteiger partial charge in [-0.15, -0.1) is 0 Å². The molecule has 0 aliphatic rings. The van der Waals surface area contributed by atoms with Crippen molar-refractivity contribution in [3.05, 3.63) is 35.3 Å². The van der Waals surface area contributed by atoms with E-state index in [4.69, 9.17) is 14.9 Å². The summed E-state index contributed by atoms with van der Waals surface area (Å²) in [5.74, 6) is 0.136. The largest absolute Gasteiger partial charge is 0.459 e. The van der Waals surface area contributed by atoms with E-state index in [9.17, 15) is 9.18 Å². The number of furan rings is 1. The average Bonchev–Trinajstić information content (AvgIpc) is 2.79. The Labute approximate surface area is 122 Å². The zero-order valence-electron chi connectivity index (χ0n) is 12.1. The van der Waals surface area contributed by atoms with Crippen molar-refractivity contribution in [1.29, 1.82) is 0 Å². The summed E-state index contributed by atoms with van der Waals surface area (Å²) in [5.41, 5.74) is 6.90. The maximum atomic E-state index is 13.2. The Morgan fingerprint density at radius 1 is 1.52 bits per heavy atom. The molecule has 0 saturated heterocycles. The molecule has 0 saturated carbocycles. The summed E-state index contributed by atoms with van der Waals surface area (Å²) in [7, 11) is 1.52. The summed E-state index contributed by atoms with van der Waals surface area (Å²) in [5, 5.41) is 3.47. The Hall–Kier alpha value is -1.92. The first-order chi connectivity index (χ1) is 10.0. The van der Waals surface area contributed by atoms with Crippen molar-refractivity contribution >= 4 is 16.9 Å². The molecule has 1 aromatic carbocycles. The predicted octanol–water partition coefficient (Wildman–Crippen LogP) is 1.86. The topological polar surface area (TPSA) is 77.5 Å². The molecular weight excluding hydrogens is 275 g/mol. The number of nitrogens with one attached hydrogen (secondary N) is 1. The molecule has 1 atom stereocenters. The number of carbonyl (C=O) groups excluding carboxylic acids is 1. The summed E-state index contributed by atoms with van der Waals surface area (Å²) in [6.07, 6.45) is -0.100. The minimum absolute atomic E-state index is 0.168. The van der Waals surface area contributed by atoms with Crippen LogP contribution in [-0.4, -0.2) is 25.7 Å². The normalized spacial score (nSPS) is 12.6. The third kappa shape index (κ3) is 3.59. The second-order valence-corrected chi connectivity index (χ2v) is 4.86. The van der Waals surface area contributed by atoms with E-state index in [0.29, 0.717) is 11.3 Å². The molecule has 6 heteroatoms. The highest BCUT2D eigenvalue weighted by Crippen LogP contribution is 2.25. The smallest absolute Gasteiger partial charge is 0.223 e. The lowest BCUT2D eigenvalue weighted by Gasteiger charge is -2.12. The van der Waals surface area contributed by atoms with Crippen LogP contribution in [0.1, 0.15) is 17.7 Å². The Morgan fingerprint density at radius 3 is 2.95 bits per heavy atom. The highest BCUT2D eigenvalue weighted by Gasteiger charge is 2.14. The Balaban J connectivity index is 2.03. The molecule has 0 aliphatic carbocycles. The van der Waals surface area contributed by atoms with Crippen molar-refractivity contribution in [2.75, 3.05) is 13.7 Å². The number of aryl methyl sites for hydroxylation is 1. The van der Waals surface area contributed by atoms with E-state index >= 15 is 0 Å². The van der Waals surface area contributed by atoms with Gasteiger partial charge in [0, 0.05) is 24.6 Å². The second kappa shape index (κ2) is 6.69. The Morgan fingerprint density at radius 2 is 2.29 bits per heavy atom. The molecule has 0 aliphatic heterocycles. The van der Waals surface area contributed by atoms with Crippen LogP contribution in [0.5, 0.6) is 0 Å². The van der Waals surface area contributed by atoms with E-state index in [2.05, 4.69) is 5.32 Å². The van der Waals surface area contributed by atoms with Crippen molar-refractivity contribution in [3.63, 3.8) is 0 Å². The number of methoxy groups -OCH3 is 1. The third-order valence-corrected chi connectivity index (χ3v) is 3.45. The van der Waals surface area contributed by atoms with Crippen LogP contribution >= 0.6 is 0 Å². The van der Waals surface area contributed by atoms with Crippen molar-refractivity contribution in [2.24, 2.45) is 5.73 Å². The first-order valence-corrected chi connectivity index (χ1v) is 6.72. The number of hydrogen-bond acceptors (Lipinski definition) is 4. The van der Waals surface area contributed by atoms with E-state index in [1.807, 2.05) is 6.92 Å². The van der Waals surface area contributed by atoms with Crippen LogP contribution < -0.4 is 11.1 Å². The van der Waals surface area contributed by atoms with Gasteiger partial charge in [-0.3, -0.25) is 4.79 Å².